The topological polar surface area (TPSA) is 64.7 Å². The molecule has 3 heterocycles. The molecule has 294 valence electrons. The molecule has 0 N–H and O–H groups in total. The number of fused-ring (bicyclic) bond motifs is 6. The fourth-order valence-corrected chi connectivity index (χ4v) is 8.84. The van der Waals surface area contributed by atoms with Gasteiger partial charge in [0.2, 0.25) is 0 Å². The third kappa shape index (κ3) is 6.51. The molecule has 0 bridgehead atoms. The van der Waals surface area contributed by atoms with E-state index in [2.05, 4.69) is 164 Å². The molecule has 0 amide bonds. The summed E-state index contributed by atoms with van der Waals surface area (Å²) in [4.78, 5) is 20.4. The number of hydrogen-bond acceptors (Lipinski definition) is 5. The van der Waals surface area contributed by atoms with Crippen molar-refractivity contribution < 1.29 is 4.42 Å². The quantitative estimate of drug-likeness (QED) is 0.150. The second-order valence-corrected chi connectivity index (χ2v) is 15.8. The Morgan fingerprint density at radius 1 is 0.286 bits per heavy atom. The smallest absolute Gasteiger partial charge is 0.164 e. The summed E-state index contributed by atoms with van der Waals surface area (Å²) in [5, 5.41) is 5.65. The zero-order valence-corrected chi connectivity index (χ0v) is 34.0. The molecule has 0 atom stereocenters. The average molecular weight is 805 g/mol. The lowest BCUT2D eigenvalue weighted by molar-refractivity contribution is 0.670. The molecule has 12 aromatic rings. The van der Waals surface area contributed by atoms with Gasteiger partial charge in [-0.3, -0.25) is 0 Å². The van der Waals surface area contributed by atoms with Crippen molar-refractivity contribution in [3.05, 3.63) is 218 Å². The summed E-state index contributed by atoms with van der Waals surface area (Å²) in [7, 11) is 0. The standard InChI is InChI=1S/C58H36N4O/c1-4-14-38(15-5-1)45-21-12-24-49-53(45)50-36-44(34-35-51(50)59-54(49)40-16-6-2-7-17-40)37-26-30-42(31-27-37)57-60-56(41-18-8-3-9-19-41)61-58(62-57)43-32-28-39(29-33-43)46-22-13-23-48-47-20-10-11-25-52(47)63-55(46)48/h1-36H. The number of pyridine rings is 1. The Hall–Kier alpha value is -8.54. The van der Waals surface area contributed by atoms with Crippen LogP contribution in [0.25, 0.3) is 122 Å². The van der Waals surface area contributed by atoms with Crippen LogP contribution in [0, 0.1) is 0 Å². The van der Waals surface area contributed by atoms with Crippen molar-refractivity contribution in [3.63, 3.8) is 0 Å². The maximum absolute atomic E-state index is 6.36. The first-order valence-electron chi connectivity index (χ1n) is 21.1. The zero-order valence-electron chi connectivity index (χ0n) is 34.0. The summed E-state index contributed by atoms with van der Waals surface area (Å²) in [6, 6.07) is 75.8. The van der Waals surface area contributed by atoms with Crippen molar-refractivity contribution in [1.82, 2.24) is 19.9 Å². The molecule has 0 fully saturated rings. The van der Waals surface area contributed by atoms with Crippen LogP contribution in [-0.4, -0.2) is 19.9 Å². The molecule has 3 aromatic heterocycles. The molecule has 63 heavy (non-hydrogen) atoms. The van der Waals surface area contributed by atoms with Crippen molar-refractivity contribution in [2.75, 3.05) is 0 Å². The van der Waals surface area contributed by atoms with Crippen LogP contribution in [0.1, 0.15) is 0 Å². The van der Waals surface area contributed by atoms with Crippen molar-refractivity contribution in [1.29, 1.82) is 0 Å². The number of aromatic nitrogens is 4. The Kier molecular flexibility index (Phi) is 8.75. The van der Waals surface area contributed by atoms with Crippen molar-refractivity contribution in [2.45, 2.75) is 0 Å². The fraction of sp³-hybridized carbons (Fsp3) is 0. The molecule has 0 saturated heterocycles. The molecular formula is C58H36N4O. The first-order valence-corrected chi connectivity index (χ1v) is 21.1. The predicted octanol–water partition coefficient (Wildman–Crippen LogP) is 15.1. The predicted molar refractivity (Wildman–Crippen MR) is 258 cm³/mol. The number of hydrogen-bond donors (Lipinski definition) is 0. The SMILES string of the molecule is c1ccc(-c2nc(-c3ccc(-c4ccc5nc(-c6ccccc6)c6cccc(-c7ccccc7)c6c5c4)cc3)nc(-c3ccc(-c4cccc5c4oc4ccccc45)cc3)n2)cc1. The summed E-state index contributed by atoms with van der Waals surface area (Å²) in [5.74, 6) is 1.83. The van der Waals surface area contributed by atoms with Gasteiger partial charge in [0, 0.05) is 54.7 Å². The molecule has 5 nitrogen and oxygen atoms in total. The molecule has 0 saturated carbocycles. The van der Waals surface area contributed by atoms with Gasteiger partial charge in [-0.1, -0.05) is 200 Å². The van der Waals surface area contributed by atoms with Gasteiger partial charge in [0.1, 0.15) is 11.2 Å². The Bertz CT molecular complexity index is 3640. The number of rotatable bonds is 7. The van der Waals surface area contributed by atoms with E-state index in [1.54, 1.807) is 0 Å². The van der Waals surface area contributed by atoms with Gasteiger partial charge in [-0.15, -0.1) is 0 Å². The van der Waals surface area contributed by atoms with Crippen LogP contribution in [-0.2, 0) is 0 Å². The fourth-order valence-electron chi connectivity index (χ4n) is 8.84. The van der Waals surface area contributed by atoms with Gasteiger partial charge < -0.3 is 4.42 Å². The molecule has 0 aliphatic rings. The summed E-state index contributed by atoms with van der Waals surface area (Å²) < 4.78 is 6.36. The van der Waals surface area contributed by atoms with E-state index in [0.29, 0.717) is 17.5 Å². The largest absolute Gasteiger partial charge is 0.455 e. The second-order valence-electron chi connectivity index (χ2n) is 15.8. The maximum Gasteiger partial charge on any atom is 0.164 e. The molecule has 9 aromatic carbocycles. The van der Waals surface area contributed by atoms with Crippen molar-refractivity contribution >= 4 is 43.6 Å². The second kappa shape index (κ2) is 15.2. The minimum Gasteiger partial charge on any atom is -0.455 e. The third-order valence-electron chi connectivity index (χ3n) is 12.0. The van der Waals surface area contributed by atoms with Crippen LogP contribution in [0.15, 0.2) is 223 Å². The van der Waals surface area contributed by atoms with E-state index >= 15 is 0 Å². The highest BCUT2D eigenvalue weighted by Crippen LogP contribution is 2.41. The van der Waals surface area contributed by atoms with E-state index in [4.69, 9.17) is 24.4 Å². The molecular weight excluding hydrogens is 769 g/mol. The lowest BCUT2D eigenvalue weighted by Crippen LogP contribution is -2.00. The molecule has 0 radical (unpaired) electrons. The Balaban J connectivity index is 0.932. The van der Waals surface area contributed by atoms with Crippen LogP contribution in [0.3, 0.4) is 0 Å². The first-order chi connectivity index (χ1) is 31.2. The Morgan fingerprint density at radius 3 is 1.43 bits per heavy atom. The Labute approximate surface area is 363 Å². The van der Waals surface area contributed by atoms with E-state index in [1.807, 2.05) is 54.6 Å². The van der Waals surface area contributed by atoms with Crippen LogP contribution in [0.5, 0.6) is 0 Å². The minimum absolute atomic E-state index is 0.606. The molecule has 0 aliphatic carbocycles. The Morgan fingerprint density at radius 2 is 0.762 bits per heavy atom. The number of nitrogens with zero attached hydrogens (tertiary/aromatic N) is 4. The molecule has 0 aliphatic heterocycles. The first kappa shape index (κ1) is 36.3. The van der Waals surface area contributed by atoms with E-state index < -0.39 is 0 Å². The van der Waals surface area contributed by atoms with Crippen LogP contribution in [0.2, 0.25) is 0 Å². The molecule has 0 unspecified atom stereocenters. The van der Waals surface area contributed by atoms with E-state index in [9.17, 15) is 0 Å². The third-order valence-corrected chi connectivity index (χ3v) is 12.0. The summed E-state index contributed by atoms with van der Waals surface area (Å²) in [6.07, 6.45) is 0. The number of furan rings is 1. The van der Waals surface area contributed by atoms with Gasteiger partial charge in [-0.25, -0.2) is 19.9 Å². The van der Waals surface area contributed by atoms with Gasteiger partial charge in [0.25, 0.3) is 0 Å². The molecule has 0 spiro atoms. The minimum atomic E-state index is 0.606. The zero-order chi connectivity index (χ0) is 41.7. The number of para-hydroxylation sites is 2. The van der Waals surface area contributed by atoms with E-state index in [0.717, 1.165) is 88.4 Å². The van der Waals surface area contributed by atoms with Gasteiger partial charge in [0.05, 0.1) is 11.2 Å². The van der Waals surface area contributed by atoms with Crippen molar-refractivity contribution in [3.8, 4) is 78.8 Å². The monoisotopic (exact) mass is 804 g/mol. The van der Waals surface area contributed by atoms with Crippen LogP contribution < -0.4 is 0 Å². The molecule has 12 rings (SSSR count). The lowest BCUT2D eigenvalue weighted by atomic mass is 9.91. The normalized spacial score (nSPS) is 11.5. The van der Waals surface area contributed by atoms with E-state index in [-0.39, 0.29) is 0 Å². The van der Waals surface area contributed by atoms with Crippen LogP contribution in [0.4, 0.5) is 0 Å². The highest BCUT2D eigenvalue weighted by molar-refractivity contribution is 6.17. The van der Waals surface area contributed by atoms with Gasteiger partial charge in [-0.05, 0) is 46.0 Å². The summed E-state index contributed by atoms with van der Waals surface area (Å²) >= 11 is 0. The maximum atomic E-state index is 6.36. The van der Waals surface area contributed by atoms with Gasteiger partial charge >= 0.3 is 0 Å². The van der Waals surface area contributed by atoms with Crippen LogP contribution >= 0.6 is 0 Å². The summed E-state index contributed by atoms with van der Waals surface area (Å²) in [6.45, 7) is 0. The highest BCUT2D eigenvalue weighted by atomic mass is 16.3. The van der Waals surface area contributed by atoms with Gasteiger partial charge in [-0.2, -0.15) is 0 Å². The highest BCUT2D eigenvalue weighted by Gasteiger charge is 2.18. The average Bonchev–Trinajstić information content (AvgIpc) is 3.76. The number of benzene rings is 9. The van der Waals surface area contributed by atoms with Crippen molar-refractivity contribution in [2.24, 2.45) is 0 Å². The molecule has 5 heteroatoms. The van der Waals surface area contributed by atoms with Gasteiger partial charge in [0.15, 0.2) is 17.5 Å². The van der Waals surface area contributed by atoms with E-state index in [1.165, 1.54) is 16.5 Å². The summed E-state index contributed by atoms with van der Waals surface area (Å²) in [5.41, 5.74) is 14.2. The lowest BCUT2D eigenvalue weighted by Gasteiger charge is -2.15.